The van der Waals surface area contributed by atoms with Gasteiger partial charge in [0.05, 0.1) is 6.04 Å². The molecule has 15 heteroatoms. The molecule has 1 aliphatic rings. The second-order valence-electron chi connectivity index (χ2n) is 13.6. The quantitative estimate of drug-likeness (QED) is 0.0649. The third-order valence-electron chi connectivity index (χ3n) is 8.71. The molecule has 14 nitrogen and oxygen atoms in total. The molecule has 2 aromatic rings. The smallest absolute Gasteiger partial charge is 0.345 e. The van der Waals surface area contributed by atoms with Crippen LogP contribution in [-0.4, -0.2) is 99.5 Å². The van der Waals surface area contributed by atoms with E-state index < -0.39 is 72.2 Å². The summed E-state index contributed by atoms with van der Waals surface area (Å²) >= 11 is 0.225. The average Bonchev–Trinajstić information content (AvgIpc) is 3.68. The molecule has 288 valence electrons. The van der Waals surface area contributed by atoms with Gasteiger partial charge in [-0.05, 0) is 17.9 Å². The maximum atomic E-state index is 14.0. The Bertz CT molecular complexity index is 1520. The molecule has 1 saturated heterocycles. The summed E-state index contributed by atoms with van der Waals surface area (Å²) in [6.07, 6.45) is 2.40. The Balaban J connectivity index is 1.85. The van der Waals surface area contributed by atoms with Crippen molar-refractivity contribution in [3.8, 4) is 0 Å². The van der Waals surface area contributed by atoms with Crippen molar-refractivity contribution in [1.82, 2.24) is 31.9 Å². The molecule has 6 amide bonds. The van der Waals surface area contributed by atoms with Crippen molar-refractivity contribution in [1.29, 1.82) is 0 Å². The molecule has 0 aromatic heterocycles. The van der Waals surface area contributed by atoms with E-state index in [9.17, 15) is 33.6 Å². The molecule has 8 N–H and O–H groups in total. The summed E-state index contributed by atoms with van der Waals surface area (Å²) < 4.78 is 0. The molecule has 0 saturated carbocycles. The van der Waals surface area contributed by atoms with Gasteiger partial charge in [0.2, 0.25) is 5.91 Å². The Morgan fingerprint density at radius 2 is 1.28 bits per heavy atom. The Morgan fingerprint density at radius 3 is 1.75 bits per heavy atom. The minimum atomic E-state index is -1.51. The van der Waals surface area contributed by atoms with Gasteiger partial charge in [-0.25, -0.2) is 0 Å². The van der Waals surface area contributed by atoms with E-state index in [1.54, 1.807) is 54.6 Å². The second kappa shape index (κ2) is 22.5. The van der Waals surface area contributed by atoms with Gasteiger partial charge in [0.25, 0.3) is 0 Å². The summed E-state index contributed by atoms with van der Waals surface area (Å²) in [7, 11) is 0. The summed E-state index contributed by atoms with van der Waals surface area (Å²) in [5, 5.41) is 17.4. The monoisotopic (exact) mass is 799 g/mol. The van der Waals surface area contributed by atoms with Gasteiger partial charge >= 0.3 is 217 Å². The van der Waals surface area contributed by atoms with Crippen LogP contribution < -0.4 is 37.6 Å². The van der Waals surface area contributed by atoms with Crippen molar-refractivity contribution in [3.63, 3.8) is 0 Å². The molecule has 0 bridgehead atoms. The van der Waals surface area contributed by atoms with Crippen molar-refractivity contribution >= 4 is 56.7 Å². The van der Waals surface area contributed by atoms with Crippen molar-refractivity contribution in [2.45, 2.75) is 106 Å². The van der Waals surface area contributed by atoms with Crippen LogP contribution in [0.2, 0.25) is 11.1 Å². The van der Waals surface area contributed by atoms with Crippen LogP contribution in [-0.2, 0) is 46.4 Å². The van der Waals surface area contributed by atoms with Crippen molar-refractivity contribution < 1.29 is 33.6 Å². The van der Waals surface area contributed by atoms with Crippen LogP contribution in [0, 0.1) is 5.92 Å². The number of benzene rings is 2. The number of rotatable bonds is 22. The zero-order valence-corrected chi connectivity index (χ0v) is 32.3. The Labute approximate surface area is 317 Å². The van der Waals surface area contributed by atoms with E-state index in [-0.39, 0.29) is 39.6 Å². The van der Waals surface area contributed by atoms with Crippen LogP contribution in [0.3, 0.4) is 0 Å². The number of primary amides is 1. The van der Waals surface area contributed by atoms with Gasteiger partial charge in [-0.2, -0.15) is 0 Å². The van der Waals surface area contributed by atoms with E-state index in [4.69, 9.17) is 5.73 Å². The molecule has 0 aliphatic carbocycles. The molecule has 6 atom stereocenters. The molecule has 0 unspecified atom stereocenters. The maximum absolute atomic E-state index is 14.0. The SMILES string of the molecule is C[Se]CC[C@H](NC(=O)[C@@H]1CCCN1)C(=O)N[C@@H](Cc1ccccc1)C(=O)N[C@@H](CC(N)=O)C(=O)N[C@@H](Cc1ccccc1)C(=O)N[C@H](C=O)CC(C)C. The Kier molecular flexibility index (Phi) is 18.2. The Hall–Kier alpha value is -4.59. The first-order valence-electron chi connectivity index (χ1n) is 18.0. The van der Waals surface area contributed by atoms with Gasteiger partial charge in [-0.1, -0.05) is 44.2 Å². The minimum absolute atomic E-state index is 0.0356. The molecule has 3 rings (SSSR count). The van der Waals surface area contributed by atoms with Crippen LogP contribution in [0.5, 0.6) is 0 Å². The van der Waals surface area contributed by atoms with Gasteiger partial charge in [-0.15, -0.1) is 0 Å². The number of amides is 6. The van der Waals surface area contributed by atoms with Gasteiger partial charge in [-0.3, -0.25) is 4.79 Å². The molecular formula is C38H53N7O7Se. The van der Waals surface area contributed by atoms with Crippen molar-refractivity contribution in [3.05, 3.63) is 71.8 Å². The van der Waals surface area contributed by atoms with Gasteiger partial charge < -0.3 is 10.1 Å². The zero-order valence-electron chi connectivity index (χ0n) is 30.6. The first-order valence-corrected chi connectivity index (χ1v) is 20.9. The standard InChI is InChI=1S/C38H53N7O7Se/c1-24(2)19-27(23-46)41-36(50)30(20-25-11-6-4-7-12-25)44-38(52)32(22-33(39)47)45-37(51)31(21-26-13-8-5-9-14-26)43-35(49)29(16-18-53-3)42-34(48)28-15-10-17-40-28/h4-9,11-14,23-24,27-32,40H,10,15-22H2,1-3H3,(H2,39,47)(H,41,50)(H,42,48)(H,43,49)(H,44,52)(H,45,51)/t27-,28-,29-,30-,31-,32-/m0/s1. The van der Waals surface area contributed by atoms with Crippen molar-refractivity contribution in [2.24, 2.45) is 11.7 Å². The number of carbonyl (C=O) groups is 7. The summed E-state index contributed by atoms with van der Waals surface area (Å²) in [6, 6.07) is 11.9. The number of carbonyl (C=O) groups excluding carboxylic acids is 7. The minimum Gasteiger partial charge on any atom is -0.345 e. The third-order valence-corrected chi connectivity index (χ3v) is 10.1. The number of nitrogens with two attached hydrogens (primary N) is 1. The summed E-state index contributed by atoms with van der Waals surface area (Å²) in [5.41, 5.74) is 6.94. The topological polar surface area (TPSA) is 218 Å². The van der Waals surface area contributed by atoms with Crippen molar-refractivity contribution in [2.75, 3.05) is 6.54 Å². The first kappa shape index (κ1) is 42.8. The fraction of sp³-hybridized carbons (Fsp3) is 0.500. The third kappa shape index (κ3) is 15.1. The zero-order chi connectivity index (χ0) is 38.8. The van der Waals surface area contributed by atoms with E-state index in [1.807, 2.05) is 25.7 Å². The normalized spacial score (nSPS) is 16.6. The van der Waals surface area contributed by atoms with Gasteiger partial charge in [0, 0.05) is 6.42 Å². The van der Waals surface area contributed by atoms with E-state index in [0.29, 0.717) is 43.0 Å². The number of hydrogen-bond acceptors (Lipinski definition) is 8. The summed E-state index contributed by atoms with van der Waals surface area (Å²) in [6.45, 7) is 4.53. The number of hydrogen-bond donors (Lipinski definition) is 7. The van der Waals surface area contributed by atoms with Gasteiger partial charge in [0.1, 0.15) is 6.29 Å². The van der Waals surface area contributed by atoms with Crippen LogP contribution in [0.1, 0.15) is 57.1 Å². The van der Waals surface area contributed by atoms with E-state index in [0.717, 1.165) is 12.0 Å². The van der Waals surface area contributed by atoms with Crippen LogP contribution >= 0.6 is 0 Å². The fourth-order valence-corrected chi connectivity index (χ4v) is 6.96. The summed E-state index contributed by atoms with van der Waals surface area (Å²) in [5.74, 6) is -1.84. The molecule has 2 aromatic carbocycles. The molecule has 1 fully saturated rings. The molecule has 0 spiro atoms. The van der Waals surface area contributed by atoms with E-state index in [2.05, 4.69) is 31.9 Å². The van der Waals surface area contributed by atoms with Crippen LogP contribution in [0.15, 0.2) is 60.7 Å². The molecule has 53 heavy (non-hydrogen) atoms. The van der Waals surface area contributed by atoms with Gasteiger partial charge in [0.15, 0.2) is 0 Å². The van der Waals surface area contributed by atoms with Crippen LogP contribution in [0.4, 0.5) is 0 Å². The van der Waals surface area contributed by atoms with Crippen LogP contribution in [0.25, 0.3) is 0 Å². The number of nitrogens with one attached hydrogen (secondary N) is 6. The molecule has 1 heterocycles. The first-order chi connectivity index (χ1) is 25.4. The predicted octanol–water partition coefficient (Wildman–Crippen LogP) is 0.329. The molecule has 1 aliphatic heterocycles. The second-order valence-corrected chi connectivity index (χ2v) is 15.7. The summed E-state index contributed by atoms with van der Waals surface area (Å²) in [4.78, 5) is 91.9. The van der Waals surface area contributed by atoms with E-state index in [1.165, 1.54) is 0 Å². The predicted molar refractivity (Wildman–Crippen MR) is 201 cm³/mol. The fourth-order valence-electron chi connectivity index (χ4n) is 5.97. The van der Waals surface area contributed by atoms with E-state index >= 15 is 0 Å². The molecular weight excluding hydrogens is 745 g/mol. The number of aldehydes is 1. The molecule has 0 radical (unpaired) electrons. The Morgan fingerprint density at radius 1 is 0.774 bits per heavy atom. The average molecular weight is 799 g/mol.